The zero-order valence-electron chi connectivity index (χ0n) is 18.5. The van der Waals surface area contributed by atoms with Crippen LogP contribution in [0.15, 0.2) is 24.3 Å². The molecule has 4 rings (SSSR count). The number of nitrogens with zero attached hydrogens (tertiary/aromatic N) is 2. The van der Waals surface area contributed by atoms with Crippen LogP contribution in [-0.4, -0.2) is 50.7 Å². The van der Waals surface area contributed by atoms with Crippen LogP contribution in [0.5, 0.6) is 0 Å². The van der Waals surface area contributed by atoms with Gasteiger partial charge in [-0.25, -0.2) is 17.5 Å². The summed E-state index contributed by atoms with van der Waals surface area (Å²) in [6.07, 6.45) is 1.02. The number of hydrogen-bond donors (Lipinski definition) is 1. The van der Waals surface area contributed by atoms with Gasteiger partial charge in [-0.2, -0.15) is 0 Å². The molecule has 2 fully saturated rings. The predicted octanol–water partition coefficient (Wildman–Crippen LogP) is 4.29. The molecule has 1 N–H and O–H groups in total. The molecule has 2 aromatic rings. The second-order valence-electron chi connectivity index (χ2n) is 8.75. The van der Waals surface area contributed by atoms with Crippen LogP contribution in [0.25, 0.3) is 0 Å². The minimum atomic E-state index is -3.76. The Balaban J connectivity index is 1.40. The molecule has 33 heavy (non-hydrogen) atoms. The van der Waals surface area contributed by atoms with Crippen LogP contribution in [0.3, 0.4) is 0 Å². The maximum atomic E-state index is 14.7. The van der Waals surface area contributed by atoms with Gasteiger partial charge in [-0.3, -0.25) is 9.69 Å². The molecule has 0 aromatic heterocycles. The Labute approximate surface area is 203 Å². The van der Waals surface area contributed by atoms with Crippen LogP contribution in [0, 0.1) is 19.7 Å². The van der Waals surface area contributed by atoms with Gasteiger partial charge in [0.2, 0.25) is 10.0 Å². The molecule has 2 aliphatic rings. The highest BCUT2D eigenvalue weighted by molar-refractivity contribution is 7.91. The molecule has 0 atom stereocenters. The number of aryl methyl sites for hydroxylation is 2. The summed E-state index contributed by atoms with van der Waals surface area (Å²) in [5.74, 6) is -1.78. The molecule has 0 radical (unpaired) electrons. The fraction of sp³-hybridized carbons (Fsp3) is 0.435. The van der Waals surface area contributed by atoms with Crippen molar-refractivity contribution in [2.24, 2.45) is 0 Å². The van der Waals surface area contributed by atoms with Gasteiger partial charge in [0.25, 0.3) is 5.91 Å². The van der Waals surface area contributed by atoms with E-state index in [1.165, 1.54) is 12.1 Å². The first kappa shape index (κ1) is 24.3. The quantitative estimate of drug-likeness (QED) is 0.623. The first-order chi connectivity index (χ1) is 15.5. The molecule has 0 unspecified atom stereocenters. The van der Waals surface area contributed by atoms with E-state index in [0.717, 1.165) is 48.0 Å². The molecule has 1 amide bonds. The lowest BCUT2D eigenvalue weighted by molar-refractivity contribution is 0.0977. The number of nitrogens with one attached hydrogen (secondary N) is 1. The molecule has 1 saturated carbocycles. The summed E-state index contributed by atoms with van der Waals surface area (Å²) in [4.78, 5) is 16.8. The lowest BCUT2D eigenvalue weighted by Crippen LogP contribution is -2.46. The molecule has 10 heteroatoms. The smallest absolute Gasteiger partial charge is 0.267 e. The summed E-state index contributed by atoms with van der Waals surface area (Å²) >= 11 is 12.6. The molecule has 1 aliphatic carbocycles. The number of piperazine rings is 1. The SMILES string of the molecule is Cc1cc(N2CCN(Cc3cc(F)c(C(=O)NS(=O)(=O)C4CC4)cc3Cl)CC2)c(C)cc1Cl. The summed E-state index contributed by atoms with van der Waals surface area (Å²) in [7, 11) is -3.76. The van der Waals surface area contributed by atoms with Gasteiger partial charge in [-0.1, -0.05) is 23.2 Å². The Kier molecular flexibility index (Phi) is 6.92. The Hall–Kier alpha value is -1.87. The molecule has 178 valence electrons. The number of sulfonamides is 1. The van der Waals surface area contributed by atoms with Gasteiger partial charge < -0.3 is 4.90 Å². The molecule has 1 aliphatic heterocycles. The van der Waals surface area contributed by atoms with Crippen molar-refractivity contribution < 1.29 is 17.6 Å². The molecular weight excluding hydrogens is 488 g/mol. The third-order valence-electron chi connectivity index (χ3n) is 6.16. The van der Waals surface area contributed by atoms with E-state index in [0.29, 0.717) is 24.9 Å². The van der Waals surface area contributed by atoms with Gasteiger partial charge in [0.15, 0.2) is 0 Å². The number of benzene rings is 2. The third kappa shape index (κ3) is 5.45. The fourth-order valence-corrected chi connectivity index (χ4v) is 5.76. The molecule has 1 saturated heterocycles. The monoisotopic (exact) mass is 513 g/mol. The standard InChI is InChI=1S/C23H26Cl2FN3O3S/c1-14-10-22(15(2)9-19(14)24)29-7-5-28(6-8-29)13-16-11-21(26)18(12-20(16)25)23(30)27-33(31,32)17-3-4-17/h9-12,17H,3-8,13H2,1-2H3,(H,27,30). The molecule has 0 spiro atoms. The number of rotatable bonds is 6. The molecule has 2 aromatic carbocycles. The van der Waals surface area contributed by atoms with Crippen LogP contribution in [-0.2, 0) is 16.6 Å². The number of carbonyl (C=O) groups excluding carboxylic acids is 1. The normalized spacial score (nSPS) is 17.3. The fourth-order valence-electron chi connectivity index (χ4n) is 4.02. The molecule has 0 bridgehead atoms. The van der Waals surface area contributed by atoms with Gasteiger partial charge in [0.1, 0.15) is 5.82 Å². The average molecular weight is 514 g/mol. The van der Waals surface area contributed by atoms with Crippen molar-refractivity contribution in [3.05, 3.63) is 62.4 Å². The van der Waals surface area contributed by atoms with Gasteiger partial charge >= 0.3 is 0 Å². The Morgan fingerprint density at radius 2 is 1.70 bits per heavy atom. The zero-order chi connectivity index (χ0) is 23.9. The average Bonchev–Trinajstić information content (AvgIpc) is 3.59. The summed E-state index contributed by atoms with van der Waals surface area (Å²) < 4.78 is 40.6. The van der Waals surface area contributed by atoms with Crippen LogP contribution >= 0.6 is 23.2 Å². The Morgan fingerprint density at radius 3 is 2.33 bits per heavy atom. The van der Waals surface area contributed by atoms with E-state index in [9.17, 15) is 17.6 Å². The highest BCUT2D eigenvalue weighted by Gasteiger charge is 2.37. The van der Waals surface area contributed by atoms with E-state index >= 15 is 0 Å². The minimum absolute atomic E-state index is 0.233. The van der Waals surface area contributed by atoms with Crippen LogP contribution in [0.4, 0.5) is 10.1 Å². The van der Waals surface area contributed by atoms with E-state index in [1.54, 1.807) is 0 Å². The second kappa shape index (κ2) is 9.41. The van der Waals surface area contributed by atoms with Gasteiger partial charge in [-0.05, 0) is 67.6 Å². The van der Waals surface area contributed by atoms with E-state index in [4.69, 9.17) is 23.2 Å². The lowest BCUT2D eigenvalue weighted by atomic mass is 10.1. The summed E-state index contributed by atoms with van der Waals surface area (Å²) in [6, 6.07) is 6.52. The molecule has 1 heterocycles. The predicted molar refractivity (Wildman–Crippen MR) is 129 cm³/mol. The number of halogens is 3. The maximum Gasteiger partial charge on any atom is 0.267 e. The molecule has 6 nitrogen and oxygen atoms in total. The number of anilines is 1. The third-order valence-corrected chi connectivity index (χ3v) is 8.74. The largest absolute Gasteiger partial charge is 0.369 e. The van der Waals surface area contributed by atoms with E-state index in [2.05, 4.69) is 15.9 Å². The summed E-state index contributed by atoms with van der Waals surface area (Å²) in [5.41, 5.74) is 3.52. The Morgan fingerprint density at radius 1 is 1.03 bits per heavy atom. The van der Waals surface area contributed by atoms with Crippen molar-refractivity contribution in [1.82, 2.24) is 9.62 Å². The van der Waals surface area contributed by atoms with Crippen molar-refractivity contribution in [3.63, 3.8) is 0 Å². The number of hydrogen-bond acceptors (Lipinski definition) is 5. The van der Waals surface area contributed by atoms with Gasteiger partial charge in [0, 0.05) is 48.5 Å². The highest BCUT2D eigenvalue weighted by Crippen LogP contribution is 2.30. The number of amides is 1. The first-order valence-electron chi connectivity index (χ1n) is 10.8. The van der Waals surface area contributed by atoms with Crippen LogP contribution in [0.2, 0.25) is 10.0 Å². The van der Waals surface area contributed by atoms with E-state index < -0.39 is 27.0 Å². The Bertz CT molecular complexity index is 1190. The van der Waals surface area contributed by atoms with Crippen molar-refractivity contribution in [2.75, 3.05) is 31.1 Å². The van der Waals surface area contributed by atoms with E-state index in [-0.39, 0.29) is 10.6 Å². The summed E-state index contributed by atoms with van der Waals surface area (Å²) in [5, 5.41) is 0.421. The topological polar surface area (TPSA) is 69.7 Å². The first-order valence-corrected chi connectivity index (χ1v) is 13.1. The lowest BCUT2D eigenvalue weighted by Gasteiger charge is -2.37. The van der Waals surface area contributed by atoms with Crippen molar-refractivity contribution in [2.45, 2.75) is 38.5 Å². The highest BCUT2D eigenvalue weighted by atomic mass is 35.5. The second-order valence-corrected chi connectivity index (χ2v) is 11.5. The van der Waals surface area contributed by atoms with Crippen molar-refractivity contribution in [3.8, 4) is 0 Å². The van der Waals surface area contributed by atoms with E-state index in [1.807, 2.05) is 24.6 Å². The maximum absolute atomic E-state index is 14.7. The number of carbonyl (C=O) groups is 1. The van der Waals surface area contributed by atoms with Gasteiger partial charge in [0.05, 0.1) is 10.8 Å². The summed E-state index contributed by atoms with van der Waals surface area (Å²) in [6.45, 7) is 7.61. The van der Waals surface area contributed by atoms with Crippen molar-refractivity contribution in [1.29, 1.82) is 0 Å². The van der Waals surface area contributed by atoms with Gasteiger partial charge in [-0.15, -0.1) is 0 Å². The minimum Gasteiger partial charge on any atom is -0.369 e. The van der Waals surface area contributed by atoms with Crippen LogP contribution < -0.4 is 9.62 Å². The van der Waals surface area contributed by atoms with Crippen molar-refractivity contribution >= 4 is 44.8 Å². The molecular formula is C23H26Cl2FN3O3S. The zero-order valence-corrected chi connectivity index (χ0v) is 20.8. The van der Waals surface area contributed by atoms with Crippen LogP contribution in [0.1, 0.15) is 39.9 Å².